The third kappa shape index (κ3) is 1.66. The van der Waals surface area contributed by atoms with Crippen LogP contribution in [0.3, 0.4) is 0 Å². The van der Waals surface area contributed by atoms with Gasteiger partial charge in [-0.3, -0.25) is 9.78 Å². The lowest BCUT2D eigenvalue weighted by molar-refractivity contribution is -0.105. The second kappa shape index (κ2) is 3.50. The van der Waals surface area contributed by atoms with Gasteiger partial charge in [0, 0.05) is 9.77 Å². The van der Waals surface area contributed by atoms with E-state index in [4.69, 9.17) is 0 Å². The Kier molecular flexibility index (Phi) is 2.61. The second-order valence-corrected chi connectivity index (χ2v) is 2.78. The molecule has 1 N–H and O–H groups in total. The zero-order valence-corrected chi connectivity index (χ0v) is 7.20. The van der Waals surface area contributed by atoms with Gasteiger partial charge in [-0.05, 0) is 28.7 Å². The van der Waals surface area contributed by atoms with Crippen LogP contribution in [0.25, 0.3) is 0 Å². The van der Waals surface area contributed by atoms with E-state index in [1.54, 1.807) is 12.4 Å². The summed E-state index contributed by atoms with van der Waals surface area (Å²) in [5.41, 5.74) is 0.748. The maximum atomic E-state index is 9.98. The van der Waals surface area contributed by atoms with Crippen LogP contribution in [0, 0.1) is 3.57 Å². The largest absolute Gasteiger partial charge is 0.326 e. The van der Waals surface area contributed by atoms with Crippen molar-refractivity contribution in [2.45, 2.75) is 0 Å². The normalized spacial score (nSPS) is 8.90. The summed E-state index contributed by atoms with van der Waals surface area (Å²) in [6.45, 7) is 0. The molecule has 1 aromatic rings. The molecule has 0 aliphatic rings. The summed E-state index contributed by atoms with van der Waals surface area (Å²) in [6.07, 6.45) is 3.92. The van der Waals surface area contributed by atoms with Crippen molar-refractivity contribution in [3.8, 4) is 0 Å². The number of carbonyl (C=O) groups excluding carboxylic acids is 1. The molecule has 1 amide bonds. The van der Waals surface area contributed by atoms with Gasteiger partial charge in [0.25, 0.3) is 0 Å². The van der Waals surface area contributed by atoms with E-state index in [1.807, 2.05) is 6.07 Å². The van der Waals surface area contributed by atoms with Crippen LogP contribution < -0.4 is 5.32 Å². The molecule has 52 valence electrons. The first-order chi connectivity index (χ1) is 4.84. The van der Waals surface area contributed by atoms with Crippen molar-refractivity contribution in [1.29, 1.82) is 0 Å². The number of amides is 1. The Morgan fingerprint density at radius 3 is 3.10 bits per heavy atom. The van der Waals surface area contributed by atoms with E-state index < -0.39 is 0 Å². The van der Waals surface area contributed by atoms with Crippen LogP contribution in [-0.4, -0.2) is 11.4 Å². The van der Waals surface area contributed by atoms with Crippen LogP contribution in [0.4, 0.5) is 5.69 Å². The van der Waals surface area contributed by atoms with E-state index in [-0.39, 0.29) is 0 Å². The summed E-state index contributed by atoms with van der Waals surface area (Å²) in [4.78, 5) is 13.8. The fraction of sp³-hybridized carbons (Fsp3) is 0. The molecule has 0 aliphatic carbocycles. The Balaban J connectivity index is 2.91. The molecule has 0 aromatic carbocycles. The fourth-order valence-electron chi connectivity index (χ4n) is 0.547. The van der Waals surface area contributed by atoms with Crippen LogP contribution in [0.2, 0.25) is 0 Å². The topological polar surface area (TPSA) is 42.0 Å². The highest BCUT2D eigenvalue weighted by Gasteiger charge is 1.94. The lowest BCUT2D eigenvalue weighted by Crippen LogP contribution is -1.96. The maximum absolute atomic E-state index is 9.98. The number of pyridine rings is 1. The molecule has 1 rings (SSSR count). The zero-order chi connectivity index (χ0) is 7.40. The van der Waals surface area contributed by atoms with Gasteiger partial charge in [-0.1, -0.05) is 0 Å². The highest BCUT2D eigenvalue weighted by atomic mass is 127. The molecule has 0 saturated carbocycles. The second-order valence-electron chi connectivity index (χ2n) is 1.62. The molecule has 0 bridgehead atoms. The first kappa shape index (κ1) is 7.46. The number of hydrogen-bond acceptors (Lipinski definition) is 2. The zero-order valence-electron chi connectivity index (χ0n) is 5.04. The SMILES string of the molecule is O=CNc1cnccc1I. The summed E-state index contributed by atoms with van der Waals surface area (Å²) in [5.74, 6) is 0. The Labute approximate surface area is 72.0 Å². The smallest absolute Gasteiger partial charge is 0.211 e. The minimum Gasteiger partial charge on any atom is -0.326 e. The standard InChI is InChI=1S/C6H5IN2O/c7-5-1-2-8-3-6(5)9-4-10/h1-4H,(H,9,10). The third-order valence-corrected chi connectivity index (χ3v) is 1.92. The molecule has 1 aromatic heterocycles. The highest BCUT2D eigenvalue weighted by molar-refractivity contribution is 14.1. The Hall–Kier alpha value is -0.650. The number of carbonyl (C=O) groups is 1. The summed E-state index contributed by atoms with van der Waals surface area (Å²) >= 11 is 2.12. The molecular weight excluding hydrogens is 243 g/mol. The predicted molar refractivity (Wildman–Crippen MR) is 46.6 cm³/mol. The highest BCUT2D eigenvalue weighted by Crippen LogP contribution is 2.13. The molecule has 3 nitrogen and oxygen atoms in total. The van der Waals surface area contributed by atoms with Gasteiger partial charge in [-0.25, -0.2) is 0 Å². The van der Waals surface area contributed by atoms with E-state index in [0.717, 1.165) is 9.26 Å². The molecule has 0 fully saturated rings. The van der Waals surface area contributed by atoms with Gasteiger partial charge in [0.15, 0.2) is 0 Å². The van der Waals surface area contributed by atoms with Crippen molar-refractivity contribution in [3.05, 3.63) is 22.0 Å². The molecule has 4 heteroatoms. The number of nitrogens with one attached hydrogen (secondary N) is 1. The van der Waals surface area contributed by atoms with Crippen molar-refractivity contribution in [2.24, 2.45) is 0 Å². The van der Waals surface area contributed by atoms with Crippen LogP contribution in [0.5, 0.6) is 0 Å². The minimum atomic E-state index is 0.638. The summed E-state index contributed by atoms with van der Waals surface area (Å²) in [5, 5.41) is 2.53. The van der Waals surface area contributed by atoms with E-state index in [2.05, 4.69) is 32.9 Å². The monoisotopic (exact) mass is 248 g/mol. The molecule has 0 saturated heterocycles. The van der Waals surface area contributed by atoms with Crippen molar-refractivity contribution in [1.82, 2.24) is 4.98 Å². The van der Waals surface area contributed by atoms with Crippen molar-refractivity contribution in [2.75, 3.05) is 5.32 Å². The lowest BCUT2D eigenvalue weighted by Gasteiger charge is -1.98. The lowest BCUT2D eigenvalue weighted by atomic mass is 10.4. The first-order valence-corrected chi connectivity index (χ1v) is 3.72. The van der Waals surface area contributed by atoms with Crippen LogP contribution in [0.1, 0.15) is 0 Å². The Bertz CT molecular complexity index is 239. The molecular formula is C6H5IN2O. The van der Waals surface area contributed by atoms with Crippen molar-refractivity contribution < 1.29 is 4.79 Å². The van der Waals surface area contributed by atoms with Gasteiger partial charge in [0.1, 0.15) is 0 Å². The van der Waals surface area contributed by atoms with Crippen molar-refractivity contribution >= 4 is 34.7 Å². The molecule has 0 atom stereocenters. The summed E-state index contributed by atoms with van der Waals surface area (Å²) < 4.78 is 0.986. The number of anilines is 1. The van der Waals surface area contributed by atoms with Gasteiger partial charge in [0.2, 0.25) is 6.41 Å². The number of hydrogen-bond donors (Lipinski definition) is 1. The Morgan fingerprint density at radius 1 is 1.70 bits per heavy atom. The molecule has 0 unspecified atom stereocenters. The number of nitrogens with zero attached hydrogens (tertiary/aromatic N) is 1. The average molecular weight is 248 g/mol. The number of rotatable bonds is 2. The molecule has 0 spiro atoms. The average Bonchev–Trinajstić information content (AvgIpc) is 1.94. The van der Waals surface area contributed by atoms with Gasteiger partial charge in [-0.15, -0.1) is 0 Å². The minimum absolute atomic E-state index is 0.638. The van der Waals surface area contributed by atoms with E-state index in [9.17, 15) is 4.79 Å². The maximum Gasteiger partial charge on any atom is 0.211 e. The van der Waals surface area contributed by atoms with E-state index >= 15 is 0 Å². The van der Waals surface area contributed by atoms with Crippen molar-refractivity contribution in [3.63, 3.8) is 0 Å². The molecule has 10 heavy (non-hydrogen) atoms. The van der Waals surface area contributed by atoms with Gasteiger partial charge >= 0.3 is 0 Å². The summed E-state index contributed by atoms with van der Waals surface area (Å²) in [6, 6.07) is 1.83. The first-order valence-electron chi connectivity index (χ1n) is 2.64. The van der Waals surface area contributed by atoms with Crippen LogP contribution in [0.15, 0.2) is 18.5 Å². The molecule has 0 radical (unpaired) electrons. The van der Waals surface area contributed by atoms with E-state index in [0.29, 0.717) is 6.41 Å². The number of aromatic nitrogens is 1. The summed E-state index contributed by atoms with van der Waals surface area (Å²) in [7, 11) is 0. The quantitative estimate of drug-likeness (QED) is 0.632. The van der Waals surface area contributed by atoms with E-state index in [1.165, 1.54) is 0 Å². The third-order valence-electron chi connectivity index (χ3n) is 0.982. The molecule has 0 aliphatic heterocycles. The van der Waals surface area contributed by atoms with Gasteiger partial charge in [0.05, 0.1) is 11.9 Å². The fourth-order valence-corrected chi connectivity index (χ4v) is 1.00. The van der Waals surface area contributed by atoms with Gasteiger partial charge in [-0.2, -0.15) is 0 Å². The van der Waals surface area contributed by atoms with Crippen LogP contribution in [-0.2, 0) is 4.79 Å². The predicted octanol–water partition coefficient (Wildman–Crippen LogP) is 1.25. The molecule has 1 heterocycles. The van der Waals surface area contributed by atoms with Crippen LogP contribution >= 0.6 is 22.6 Å². The van der Waals surface area contributed by atoms with Gasteiger partial charge < -0.3 is 5.32 Å². The Morgan fingerprint density at radius 2 is 2.50 bits per heavy atom. The number of halogens is 1.